The monoisotopic (exact) mass is 336 g/mol. The second-order valence-electron chi connectivity index (χ2n) is 6.33. The highest BCUT2D eigenvalue weighted by molar-refractivity contribution is 6.05. The minimum atomic E-state index is -0.332. The Balaban J connectivity index is 1.71. The largest absolute Gasteiger partial charge is 0.451 e. The zero-order valence-electron chi connectivity index (χ0n) is 14.2. The number of carbonyl (C=O) groups excluding carboxylic acids is 2. The lowest BCUT2D eigenvalue weighted by Gasteiger charge is -2.09. The molecule has 0 atom stereocenters. The Morgan fingerprint density at radius 2 is 1.68 bits per heavy atom. The van der Waals surface area contributed by atoms with Crippen LogP contribution in [0.2, 0.25) is 0 Å². The molecule has 1 aromatic heterocycles. The summed E-state index contributed by atoms with van der Waals surface area (Å²) in [5.41, 5.74) is 1.91. The van der Waals surface area contributed by atoms with Crippen molar-refractivity contribution in [3.63, 3.8) is 0 Å². The van der Waals surface area contributed by atoms with E-state index in [9.17, 15) is 9.59 Å². The Bertz CT molecular complexity index is 879. The lowest BCUT2D eigenvalue weighted by Crippen LogP contribution is -2.14. The van der Waals surface area contributed by atoms with Crippen LogP contribution >= 0.6 is 0 Å². The Hall–Kier alpha value is -3.08. The molecule has 0 radical (unpaired) electrons. The molecule has 3 rings (SSSR count). The summed E-state index contributed by atoms with van der Waals surface area (Å²) in [4.78, 5) is 24.2. The highest BCUT2D eigenvalue weighted by Crippen LogP contribution is 2.21. The average molecular weight is 336 g/mol. The van der Waals surface area contributed by atoms with Crippen molar-refractivity contribution in [2.45, 2.75) is 20.3 Å². The van der Waals surface area contributed by atoms with E-state index in [1.165, 1.54) is 0 Å². The molecule has 0 saturated carbocycles. The summed E-state index contributed by atoms with van der Waals surface area (Å²) < 4.78 is 5.56. The Morgan fingerprint density at radius 3 is 2.40 bits per heavy atom. The maximum Gasteiger partial charge on any atom is 0.291 e. The van der Waals surface area contributed by atoms with Gasteiger partial charge in [-0.2, -0.15) is 0 Å². The number of furan rings is 1. The molecule has 0 aliphatic heterocycles. The summed E-state index contributed by atoms with van der Waals surface area (Å²) in [6.07, 6.45) is 0.454. The number of para-hydroxylation sites is 1. The zero-order chi connectivity index (χ0) is 17.8. The molecule has 0 spiro atoms. The lowest BCUT2D eigenvalue weighted by atomic mass is 10.1. The van der Waals surface area contributed by atoms with E-state index in [0.717, 1.165) is 5.39 Å². The molecule has 1 heterocycles. The third kappa shape index (κ3) is 4.26. The molecule has 0 unspecified atom stereocenters. The molecule has 0 aliphatic rings. The molecule has 2 aromatic carbocycles. The lowest BCUT2D eigenvalue weighted by molar-refractivity contribution is -0.116. The number of carbonyl (C=O) groups is 2. The number of anilines is 2. The van der Waals surface area contributed by atoms with E-state index in [0.29, 0.717) is 23.4 Å². The van der Waals surface area contributed by atoms with Crippen molar-refractivity contribution in [1.29, 1.82) is 0 Å². The molecule has 3 aromatic rings. The second-order valence-corrected chi connectivity index (χ2v) is 6.33. The van der Waals surface area contributed by atoms with Gasteiger partial charge >= 0.3 is 0 Å². The third-order valence-electron chi connectivity index (χ3n) is 3.65. The van der Waals surface area contributed by atoms with Gasteiger partial charge in [-0.15, -0.1) is 0 Å². The molecule has 0 fully saturated rings. The number of hydrogen-bond donors (Lipinski definition) is 2. The van der Waals surface area contributed by atoms with Crippen LogP contribution in [0.4, 0.5) is 11.4 Å². The maximum atomic E-state index is 12.4. The molecular weight excluding hydrogens is 316 g/mol. The van der Waals surface area contributed by atoms with E-state index in [4.69, 9.17) is 4.42 Å². The summed E-state index contributed by atoms with van der Waals surface area (Å²) >= 11 is 0. The molecule has 128 valence electrons. The summed E-state index contributed by atoms with van der Waals surface area (Å²) in [5.74, 6) is 0.157. The Labute approximate surface area is 146 Å². The van der Waals surface area contributed by atoms with Crippen LogP contribution in [-0.4, -0.2) is 11.8 Å². The predicted octanol–water partition coefficient (Wildman–Crippen LogP) is 4.67. The van der Waals surface area contributed by atoms with Crippen molar-refractivity contribution < 1.29 is 14.0 Å². The van der Waals surface area contributed by atoms with Crippen molar-refractivity contribution in [2.24, 2.45) is 5.92 Å². The second kappa shape index (κ2) is 7.21. The van der Waals surface area contributed by atoms with E-state index < -0.39 is 0 Å². The minimum absolute atomic E-state index is 0.0456. The van der Waals surface area contributed by atoms with Crippen LogP contribution in [0.3, 0.4) is 0 Å². The minimum Gasteiger partial charge on any atom is -0.451 e. The number of nitrogens with one attached hydrogen (secondary N) is 2. The van der Waals surface area contributed by atoms with Crippen molar-refractivity contribution in [3.8, 4) is 0 Å². The van der Waals surface area contributed by atoms with Crippen molar-refractivity contribution >= 4 is 34.2 Å². The Morgan fingerprint density at radius 1 is 0.960 bits per heavy atom. The quantitative estimate of drug-likeness (QED) is 0.711. The van der Waals surface area contributed by atoms with Gasteiger partial charge in [0.05, 0.1) is 0 Å². The molecule has 5 heteroatoms. The SMILES string of the molecule is CC(C)CC(=O)Nc1cccc(NC(=O)c2cc3ccccc3o2)c1. The molecule has 2 N–H and O–H groups in total. The van der Waals surface area contributed by atoms with E-state index >= 15 is 0 Å². The van der Waals surface area contributed by atoms with Gasteiger partial charge in [0.1, 0.15) is 5.58 Å². The fourth-order valence-electron chi connectivity index (χ4n) is 2.54. The van der Waals surface area contributed by atoms with E-state index in [1.54, 1.807) is 30.3 Å². The van der Waals surface area contributed by atoms with E-state index in [2.05, 4.69) is 10.6 Å². The first-order chi connectivity index (χ1) is 12.0. The van der Waals surface area contributed by atoms with Gasteiger partial charge in [-0.05, 0) is 36.2 Å². The fraction of sp³-hybridized carbons (Fsp3) is 0.200. The molecule has 5 nitrogen and oxygen atoms in total. The molecular formula is C20H20N2O3. The van der Waals surface area contributed by atoms with Gasteiger partial charge in [0.25, 0.3) is 5.91 Å². The molecule has 0 aliphatic carbocycles. The van der Waals surface area contributed by atoms with Gasteiger partial charge in [0, 0.05) is 23.2 Å². The van der Waals surface area contributed by atoms with Gasteiger partial charge in [-0.25, -0.2) is 0 Å². The number of benzene rings is 2. The van der Waals surface area contributed by atoms with Gasteiger partial charge in [-0.3, -0.25) is 9.59 Å². The first-order valence-electron chi connectivity index (χ1n) is 8.21. The van der Waals surface area contributed by atoms with Crippen LogP contribution in [0.5, 0.6) is 0 Å². The van der Waals surface area contributed by atoms with Gasteiger partial charge in [0.2, 0.25) is 5.91 Å². The van der Waals surface area contributed by atoms with Crippen molar-refractivity contribution in [1.82, 2.24) is 0 Å². The smallest absolute Gasteiger partial charge is 0.291 e. The Kier molecular flexibility index (Phi) is 4.84. The van der Waals surface area contributed by atoms with Gasteiger partial charge in [0.15, 0.2) is 5.76 Å². The van der Waals surface area contributed by atoms with E-state index in [1.807, 2.05) is 38.1 Å². The van der Waals surface area contributed by atoms with Crippen molar-refractivity contribution in [3.05, 3.63) is 60.4 Å². The number of amides is 2. The number of fused-ring (bicyclic) bond motifs is 1. The third-order valence-corrected chi connectivity index (χ3v) is 3.65. The summed E-state index contributed by atoms with van der Waals surface area (Å²) in [6.45, 7) is 3.98. The van der Waals surface area contributed by atoms with Gasteiger partial charge in [-0.1, -0.05) is 38.1 Å². The molecule has 25 heavy (non-hydrogen) atoms. The molecule has 0 bridgehead atoms. The maximum absolute atomic E-state index is 12.4. The topological polar surface area (TPSA) is 71.3 Å². The van der Waals surface area contributed by atoms with Crippen molar-refractivity contribution in [2.75, 3.05) is 10.6 Å². The van der Waals surface area contributed by atoms with E-state index in [-0.39, 0.29) is 23.5 Å². The van der Waals surface area contributed by atoms with Crippen LogP contribution in [0.1, 0.15) is 30.8 Å². The van der Waals surface area contributed by atoms with Gasteiger partial charge < -0.3 is 15.1 Å². The highest BCUT2D eigenvalue weighted by Gasteiger charge is 2.13. The van der Waals surface area contributed by atoms with Crippen LogP contribution in [-0.2, 0) is 4.79 Å². The normalized spacial score (nSPS) is 10.8. The average Bonchev–Trinajstić information content (AvgIpc) is 2.98. The predicted molar refractivity (Wildman–Crippen MR) is 98.7 cm³/mol. The van der Waals surface area contributed by atoms with Crippen LogP contribution < -0.4 is 10.6 Å². The standard InChI is InChI=1S/C20H20N2O3/c1-13(2)10-19(23)21-15-7-5-8-16(12-15)22-20(24)18-11-14-6-3-4-9-17(14)25-18/h3-9,11-13H,10H2,1-2H3,(H,21,23)(H,22,24). The number of hydrogen-bond acceptors (Lipinski definition) is 3. The number of rotatable bonds is 5. The van der Waals surface area contributed by atoms with Crippen LogP contribution in [0.25, 0.3) is 11.0 Å². The first-order valence-corrected chi connectivity index (χ1v) is 8.21. The zero-order valence-corrected chi connectivity index (χ0v) is 14.2. The summed E-state index contributed by atoms with van der Waals surface area (Å²) in [6, 6.07) is 16.2. The van der Waals surface area contributed by atoms with Crippen LogP contribution in [0, 0.1) is 5.92 Å². The first kappa shape index (κ1) is 16.8. The summed E-state index contributed by atoms with van der Waals surface area (Å²) in [7, 11) is 0. The van der Waals surface area contributed by atoms with Crippen LogP contribution in [0.15, 0.2) is 59.0 Å². The summed E-state index contributed by atoms with van der Waals surface area (Å²) in [5, 5.41) is 6.50. The fourth-order valence-corrected chi connectivity index (χ4v) is 2.54. The molecule has 0 saturated heterocycles. The molecule has 2 amide bonds. The highest BCUT2D eigenvalue weighted by atomic mass is 16.3.